The molecule has 76 valence electrons. The van der Waals surface area contributed by atoms with E-state index in [1.54, 1.807) is 0 Å². The minimum absolute atomic E-state index is 0.00663. The van der Waals surface area contributed by atoms with Gasteiger partial charge in [0.15, 0.2) is 0 Å². The number of hydrogen-bond acceptors (Lipinski definition) is 3. The molecule has 0 radical (unpaired) electrons. The average Bonchev–Trinajstić information content (AvgIpc) is 2.54. The molecule has 3 heteroatoms. The molecule has 0 aromatic carbocycles. The van der Waals surface area contributed by atoms with Crippen LogP contribution in [0.15, 0.2) is 0 Å². The third kappa shape index (κ3) is 2.99. The third-order valence-electron chi connectivity index (χ3n) is 2.73. The van der Waals surface area contributed by atoms with Crippen LogP contribution in [0, 0.1) is 5.92 Å². The Balaban J connectivity index is 2.20. The lowest BCUT2D eigenvalue weighted by atomic mass is 10.0. The maximum Gasteiger partial charge on any atom is 0.309 e. The summed E-state index contributed by atoms with van der Waals surface area (Å²) in [5.74, 6) is 0.174. The Kier molecular flexibility index (Phi) is 4.22. The molecule has 13 heavy (non-hydrogen) atoms. The summed E-state index contributed by atoms with van der Waals surface area (Å²) in [5, 5.41) is 0. The molecule has 1 aliphatic rings. The fourth-order valence-corrected chi connectivity index (χ4v) is 1.68. The predicted octanol–water partition coefficient (Wildman–Crippen LogP) is 1.28. The highest BCUT2D eigenvalue weighted by Gasteiger charge is 2.26. The molecule has 1 heterocycles. The lowest BCUT2D eigenvalue weighted by molar-refractivity contribution is -0.141. The van der Waals surface area contributed by atoms with Gasteiger partial charge in [-0.3, -0.25) is 4.79 Å². The molecule has 1 atom stereocenters. The maximum atomic E-state index is 11.1. The van der Waals surface area contributed by atoms with Crippen molar-refractivity contribution in [1.29, 1.82) is 0 Å². The van der Waals surface area contributed by atoms with Crippen molar-refractivity contribution < 1.29 is 9.53 Å². The van der Waals surface area contributed by atoms with Crippen molar-refractivity contribution in [2.75, 3.05) is 26.2 Å². The fourth-order valence-electron chi connectivity index (χ4n) is 1.68. The zero-order chi connectivity index (χ0) is 9.68. The Morgan fingerprint density at radius 1 is 1.46 bits per heavy atom. The molecule has 1 unspecified atom stereocenters. The van der Waals surface area contributed by atoms with E-state index in [2.05, 4.69) is 18.7 Å². The quantitative estimate of drug-likeness (QED) is 0.604. The predicted molar refractivity (Wildman–Crippen MR) is 51.5 cm³/mol. The SMILES string of the molecule is CCN(CC)CCC1CCOC1=O. The number of ether oxygens (including phenoxy) is 1. The lowest BCUT2D eigenvalue weighted by Crippen LogP contribution is -2.26. The van der Waals surface area contributed by atoms with Crippen molar-refractivity contribution in [3.05, 3.63) is 0 Å². The standard InChI is InChI=1S/C10H19NO2/c1-3-11(4-2)7-5-9-6-8-13-10(9)12/h9H,3-8H2,1-2H3. The Bertz CT molecular complexity index is 166. The van der Waals surface area contributed by atoms with E-state index in [1.807, 2.05) is 0 Å². The summed E-state index contributed by atoms with van der Waals surface area (Å²) in [6, 6.07) is 0. The van der Waals surface area contributed by atoms with Gasteiger partial charge < -0.3 is 9.64 Å². The molecule has 1 aliphatic heterocycles. The highest BCUT2D eigenvalue weighted by Crippen LogP contribution is 2.18. The van der Waals surface area contributed by atoms with Crippen molar-refractivity contribution in [2.24, 2.45) is 5.92 Å². The van der Waals surface area contributed by atoms with Crippen LogP contribution in [0.3, 0.4) is 0 Å². The first-order valence-electron chi connectivity index (χ1n) is 5.16. The first kappa shape index (κ1) is 10.5. The normalized spacial score (nSPS) is 22.4. The summed E-state index contributed by atoms with van der Waals surface area (Å²) >= 11 is 0. The van der Waals surface area contributed by atoms with E-state index in [1.165, 1.54) is 0 Å². The molecule has 0 bridgehead atoms. The van der Waals surface area contributed by atoms with Gasteiger partial charge in [-0.15, -0.1) is 0 Å². The molecule has 1 fully saturated rings. The minimum atomic E-state index is 0.00663. The largest absolute Gasteiger partial charge is 0.465 e. The summed E-state index contributed by atoms with van der Waals surface area (Å²) in [6.07, 6.45) is 1.88. The maximum absolute atomic E-state index is 11.1. The van der Waals surface area contributed by atoms with Gasteiger partial charge in [0.1, 0.15) is 0 Å². The van der Waals surface area contributed by atoms with Gasteiger partial charge in [-0.1, -0.05) is 13.8 Å². The van der Waals surface area contributed by atoms with Crippen LogP contribution >= 0.6 is 0 Å². The highest BCUT2D eigenvalue weighted by molar-refractivity contribution is 5.74. The van der Waals surface area contributed by atoms with Crippen LogP contribution in [-0.4, -0.2) is 37.1 Å². The second-order valence-corrected chi connectivity index (χ2v) is 3.47. The summed E-state index contributed by atoms with van der Waals surface area (Å²) in [5.41, 5.74) is 0. The third-order valence-corrected chi connectivity index (χ3v) is 2.73. The van der Waals surface area contributed by atoms with Crippen LogP contribution in [0.25, 0.3) is 0 Å². The molecule has 0 N–H and O–H groups in total. The summed E-state index contributed by atoms with van der Waals surface area (Å²) in [7, 11) is 0. The van der Waals surface area contributed by atoms with Crippen molar-refractivity contribution in [3.8, 4) is 0 Å². The minimum Gasteiger partial charge on any atom is -0.465 e. The second kappa shape index (κ2) is 5.22. The first-order valence-corrected chi connectivity index (χ1v) is 5.16. The van der Waals surface area contributed by atoms with E-state index in [4.69, 9.17) is 4.74 Å². The van der Waals surface area contributed by atoms with Crippen molar-refractivity contribution >= 4 is 5.97 Å². The molecule has 0 aromatic rings. The van der Waals surface area contributed by atoms with Crippen LogP contribution in [0.1, 0.15) is 26.7 Å². The van der Waals surface area contributed by atoms with E-state index < -0.39 is 0 Å². The Morgan fingerprint density at radius 2 is 2.15 bits per heavy atom. The van der Waals surface area contributed by atoms with E-state index in [0.29, 0.717) is 6.61 Å². The molecular weight excluding hydrogens is 166 g/mol. The molecule has 3 nitrogen and oxygen atoms in total. The molecule has 1 saturated heterocycles. The molecular formula is C10H19NO2. The van der Waals surface area contributed by atoms with Crippen LogP contribution in [-0.2, 0) is 9.53 Å². The summed E-state index contributed by atoms with van der Waals surface area (Å²) < 4.78 is 4.91. The topological polar surface area (TPSA) is 29.5 Å². The molecule has 1 rings (SSSR count). The van der Waals surface area contributed by atoms with Crippen LogP contribution in [0.5, 0.6) is 0 Å². The number of carbonyl (C=O) groups is 1. The van der Waals surface area contributed by atoms with Crippen LogP contribution in [0.2, 0.25) is 0 Å². The average molecular weight is 185 g/mol. The number of cyclic esters (lactones) is 1. The van der Waals surface area contributed by atoms with Gasteiger partial charge in [-0.05, 0) is 32.5 Å². The van der Waals surface area contributed by atoms with Gasteiger partial charge in [0.2, 0.25) is 0 Å². The van der Waals surface area contributed by atoms with E-state index in [0.717, 1.165) is 32.5 Å². The number of esters is 1. The second-order valence-electron chi connectivity index (χ2n) is 3.47. The number of nitrogens with zero attached hydrogens (tertiary/aromatic N) is 1. The van der Waals surface area contributed by atoms with E-state index >= 15 is 0 Å². The summed E-state index contributed by atoms with van der Waals surface area (Å²) in [6.45, 7) is 8.08. The molecule has 0 aliphatic carbocycles. The lowest BCUT2D eigenvalue weighted by Gasteiger charge is -2.18. The van der Waals surface area contributed by atoms with Gasteiger partial charge in [0, 0.05) is 0 Å². The Hall–Kier alpha value is -0.570. The first-order chi connectivity index (χ1) is 6.27. The molecule has 0 aromatic heterocycles. The Labute approximate surface area is 80.1 Å². The van der Waals surface area contributed by atoms with Gasteiger partial charge in [-0.25, -0.2) is 0 Å². The molecule has 0 spiro atoms. The van der Waals surface area contributed by atoms with Crippen LogP contribution < -0.4 is 0 Å². The van der Waals surface area contributed by atoms with Crippen molar-refractivity contribution in [1.82, 2.24) is 4.90 Å². The van der Waals surface area contributed by atoms with Gasteiger partial charge >= 0.3 is 5.97 Å². The molecule has 0 amide bonds. The fraction of sp³-hybridized carbons (Fsp3) is 0.900. The number of rotatable bonds is 5. The van der Waals surface area contributed by atoms with E-state index in [9.17, 15) is 4.79 Å². The zero-order valence-corrected chi connectivity index (χ0v) is 8.58. The van der Waals surface area contributed by atoms with E-state index in [-0.39, 0.29) is 11.9 Å². The van der Waals surface area contributed by atoms with Crippen molar-refractivity contribution in [3.63, 3.8) is 0 Å². The summed E-state index contributed by atoms with van der Waals surface area (Å²) in [4.78, 5) is 13.5. The number of carbonyl (C=O) groups excluding carboxylic acids is 1. The van der Waals surface area contributed by atoms with Crippen molar-refractivity contribution in [2.45, 2.75) is 26.7 Å². The van der Waals surface area contributed by atoms with Gasteiger partial charge in [0.05, 0.1) is 12.5 Å². The smallest absolute Gasteiger partial charge is 0.309 e. The number of hydrogen-bond donors (Lipinski definition) is 0. The Morgan fingerprint density at radius 3 is 2.62 bits per heavy atom. The zero-order valence-electron chi connectivity index (χ0n) is 8.58. The van der Waals surface area contributed by atoms with Gasteiger partial charge in [-0.2, -0.15) is 0 Å². The van der Waals surface area contributed by atoms with Gasteiger partial charge in [0.25, 0.3) is 0 Å². The monoisotopic (exact) mass is 185 g/mol. The molecule has 0 saturated carbocycles. The van der Waals surface area contributed by atoms with Crippen LogP contribution in [0.4, 0.5) is 0 Å². The highest BCUT2D eigenvalue weighted by atomic mass is 16.5.